The first-order valence-corrected chi connectivity index (χ1v) is 13.9. The van der Waals surface area contributed by atoms with Gasteiger partial charge in [-0.2, -0.15) is 8.42 Å². The van der Waals surface area contributed by atoms with Crippen LogP contribution in [-0.2, 0) is 29.2 Å². The lowest BCUT2D eigenvalue weighted by Crippen LogP contribution is -2.37. The lowest BCUT2D eigenvalue weighted by molar-refractivity contribution is -0.145. The maximum absolute atomic E-state index is 14.6. The highest BCUT2D eigenvalue weighted by molar-refractivity contribution is 9.39. The van der Waals surface area contributed by atoms with Gasteiger partial charge in [0.2, 0.25) is 0 Å². The predicted molar refractivity (Wildman–Crippen MR) is 133 cm³/mol. The summed E-state index contributed by atoms with van der Waals surface area (Å²) in [4.78, 5) is 13.3. The van der Waals surface area contributed by atoms with Gasteiger partial charge >= 0.3 is 5.97 Å². The third kappa shape index (κ3) is 5.03. The number of rotatable bonds is 7. The van der Waals surface area contributed by atoms with Crippen LogP contribution < -0.4 is 4.74 Å². The first-order chi connectivity index (χ1) is 15.2. The predicted octanol–water partition coefficient (Wildman–Crippen LogP) is 5.87. The fourth-order valence-electron chi connectivity index (χ4n) is 4.56. The van der Waals surface area contributed by atoms with Gasteiger partial charge in [-0.15, -0.1) is 0 Å². The highest BCUT2D eigenvalue weighted by Crippen LogP contribution is 2.74. The van der Waals surface area contributed by atoms with Crippen molar-refractivity contribution in [1.29, 1.82) is 0 Å². The van der Waals surface area contributed by atoms with E-state index in [0.29, 0.717) is 11.3 Å². The van der Waals surface area contributed by atoms with Crippen LogP contribution in [0.2, 0.25) is 0 Å². The van der Waals surface area contributed by atoms with Gasteiger partial charge in [0.05, 0.1) is 13.4 Å². The second-order valence-corrected chi connectivity index (χ2v) is 16.9. The zero-order valence-corrected chi connectivity index (χ0v) is 23.7. The largest absolute Gasteiger partial charge is 0.468 e. The standard InChI is InChI=1S/C22H22Br3FO6S/c1-20(2)17(18(22(23,24)25)32-33(4,28)29)21(20,19(27)30-3)13-10-11-15(26)16(12-13)31-14-8-6-5-7-9-14/h5-12,17-18H,1-4H3/t17-,18+,21-/m1/s1. The molecule has 3 rings (SSSR count). The second-order valence-electron chi connectivity index (χ2n) is 8.32. The van der Waals surface area contributed by atoms with Gasteiger partial charge in [-0.3, -0.25) is 8.98 Å². The van der Waals surface area contributed by atoms with E-state index in [4.69, 9.17) is 13.7 Å². The maximum Gasteiger partial charge on any atom is 0.317 e. The van der Waals surface area contributed by atoms with Crippen molar-refractivity contribution in [3.05, 3.63) is 59.9 Å². The molecule has 1 saturated carbocycles. The van der Waals surface area contributed by atoms with E-state index in [1.165, 1.54) is 25.3 Å². The first kappa shape index (κ1) is 26.6. The Hall–Kier alpha value is -1.01. The fourth-order valence-corrected chi connectivity index (χ4v) is 6.64. The van der Waals surface area contributed by atoms with Crippen LogP contribution in [0.3, 0.4) is 0 Å². The van der Waals surface area contributed by atoms with Crippen LogP contribution in [-0.4, -0.2) is 36.0 Å². The average molecular weight is 673 g/mol. The molecule has 0 aliphatic heterocycles. The molecule has 33 heavy (non-hydrogen) atoms. The molecule has 1 aliphatic rings. The Bertz CT molecular complexity index is 1150. The van der Waals surface area contributed by atoms with E-state index in [1.54, 1.807) is 44.2 Å². The molecule has 0 spiro atoms. The summed E-state index contributed by atoms with van der Waals surface area (Å²) in [7, 11) is -2.66. The Morgan fingerprint density at radius 1 is 1.12 bits per heavy atom. The van der Waals surface area contributed by atoms with Crippen molar-refractivity contribution in [2.24, 2.45) is 11.3 Å². The average Bonchev–Trinajstić information content (AvgIpc) is 3.23. The molecule has 2 aromatic carbocycles. The molecule has 11 heteroatoms. The number of carbonyl (C=O) groups is 1. The van der Waals surface area contributed by atoms with E-state index >= 15 is 0 Å². The minimum absolute atomic E-state index is 0.0770. The molecule has 0 aromatic heterocycles. The molecule has 0 radical (unpaired) electrons. The Labute approximate surface area is 217 Å². The zero-order valence-electron chi connectivity index (χ0n) is 18.1. The monoisotopic (exact) mass is 670 g/mol. The van der Waals surface area contributed by atoms with Gasteiger partial charge in [0, 0.05) is 5.92 Å². The van der Waals surface area contributed by atoms with Crippen molar-refractivity contribution >= 4 is 63.9 Å². The summed E-state index contributed by atoms with van der Waals surface area (Å²) in [5.74, 6) is -1.57. The van der Waals surface area contributed by atoms with Gasteiger partial charge in [0.15, 0.2) is 13.7 Å². The van der Waals surface area contributed by atoms with Gasteiger partial charge in [-0.05, 0) is 35.2 Å². The number of benzene rings is 2. The Morgan fingerprint density at radius 2 is 1.73 bits per heavy atom. The molecule has 1 aliphatic carbocycles. The number of para-hydroxylation sites is 1. The molecule has 3 atom stereocenters. The summed E-state index contributed by atoms with van der Waals surface area (Å²) in [6.45, 7) is 3.60. The molecule has 1 fully saturated rings. The number of methoxy groups -OCH3 is 1. The third-order valence-electron chi connectivity index (χ3n) is 5.95. The van der Waals surface area contributed by atoms with Crippen LogP contribution in [0.15, 0.2) is 48.5 Å². The van der Waals surface area contributed by atoms with Crippen LogP contribution in [0, 0.1) is 17.2 Å². The van der Waals surface area contributed by atoms with Gasteiger partial charge in [0.25, 0.3) is 10.1 Å². The van der Waals surface area contributed by atoms with E-state index < -0.39 is 46.9 Å². The maximum atomic E-state index is 14.6. The quantitative estimate of drug-likeness (QED) is 0.208. The number of hydrogen-bond donors (Lipinski definition) is 0. The molecular weight excluding hydrogens is 651 g/mol. The summed E-state index contributed by atoms with van der Waals surface area (Å²) in [5.41, 5.74) is -1.77. The second kappa shape index (κ2) is 9.22. The van der Waals surface area contributed by atoms with Gasteiger partial charge in [0.1, 0.15) is 17.3 Å². The molecule has 2 aromatic rings. The van der Waals surface area contributed by atoms with Crippen molar-refractivity contribution in [1.82, 2.24) is 0 Å². The minimum atomic E-state index is -3.91. The van der Waals surface area contributed by atoms with E-state index in [2.05, 4.69) is 47.8 Å². The van der Waals surface area contributed by atoms with E-state index in [0.717, 1.165) is 6.26 Å². The minimum Gasteiger partial charge on any atom is -0.468 e. The SMILES string of the molecule is COC(=O)[C@@]1(c2ccc(F)c(Oc3ccccc3)c2)[C@H]([C@H](OS(C)(=O)=O)C(Br)(Br)Br)C1(C)C. The molecule has 180 valence electrons. The first-order valence-electron chi connectivity index (χ1n) is 9.72. The molecule has 0 saturated heterocycles. The molecule has 0 heterocycles. The molecule has 0 amide bonds. The van der Waals surface area contributed by atoms with Crippen molar-refractivity contribution in [2.45, 2.75) is 27.5 Å². The summed E-state index contributed by atoms with van der Waals surface area (Å²) in [5, 5.41) is 0. The van der Waals surface area contributed by atoms with Crippen molar-refractivity contribution in [3.8, 4) is 11.5 Å². The van der Waals surface area contributed by atoms with Gasteiger partial charge < -0.3 is 9.47 Å². The fraction of sp³-hybridized carbons (Fsp3) is 0.409. The third-order valence-corrected chi connectivity index (χ3v) is 7.86. The Balaban J connectivity index is 2.16. The molecular formula is C22H22Br3FO6S. The highest BCUT2D eigenvalue weighted by atomic mass is 80.0. The normalized spacial score (nSPS) is 23.0. The van der Waals surface area contributed by atoms with Crippen LogP contribution in [0.1, 0.15) is 19.4 Å². The summed E-state index contributed by atoms with van der Waals surface area (Å²) < 4.78 is 53.8. The molecule has 0 N–H and O–H groups in total. The lowest BCUT2D eigenvalue weighted by Gasteiger charge is -2.27. The Kier molecular flexibility index (Phi) is 7.43. The number of carbonyl (C=O) groups excluding carboxylic acids is 1. The molecule has 6 nitrogen and oxygen atoms in total. The van der Waals surface area contributed by atoms with E-state index in [-0.39, 0.29) is 5.75 Å². The number of alkyl halides is 3. The van der Waals surface area contributed by atoms with Crippen LogP contribution in [0.5, 0.6) is 11.5 Å². The molecule has 0 bridgehead atoms. The van der Waals surface area contributed by atoms with Crippen LogP contribution >= 0.6 is 47.8 Å². The highest BCUT2D eigenvalue weighted by Gasteiger charge is 2.81. The van der Waals surface area contributed by atoms with Gasteiger partial charge in [-0.25, -0.2) is 4.39 Å². The van der Waals surface area contributed by atoms with Crippen molar-refractivity contribution in [2.75, 3.05) is 13.4 Å². The topological polar surface area (TPSA) is 78.9 Å². The number of ether oxygens (including phenoxy) is 2. The van der Waals surface area contributed by atoms with Crippen LogP contribution in [0.25, 0.3) is 0 Å². The summed E-state index contributed by atoms with van der Waals surface area (Å²) >= 11 is 10.1. The number of hydrogen-bond acceptors (Lipinski definition) is 6. The van der Waals surface area contributed by atoms with E-state index in [1.807, 2.05) is 0 Å². The Morgan fingerprint density at radius 3 is 2.24 bits per heavy atom. The smallest absolute Gasteiger partial charge is 0.317 e. The summed E-state index contributed by atoms with van der Waals surface area (Å²) in [6, 6.07) is 12.8. The summed E-state index contributed by atoms with van der Waals surface area (Å²) in [6.07, 6.45) is -0.150. The van der Waals surface area contributed by atoms with Crippen LogP contribution in [0.4, 0.5) is 4.39 Å². The van der Waals surface area contributed by atoms with Crippen molar-refractivity contribution in [3.63, 3.8) is 0 Å². The van der Waals surface area contributed by atoms with Crippen molar-refractivity contribution < 1.29 is 31.3 Å². The lowest BCUT2D eigenvalue weighted by atomic mass is 9.87. The molecule has 0 unspecified atom stereocenters. The number of esters is 1. The number of halogens is 4. The van der Waals surface area contributed by atoms with Gasteiger partial charge in [-0.1, -0.05) is 85.9 Å². The van der Waals surface area contributed by atoms with E-state index in [9.17, 15) is 17.6 Å². The zero-order chi connectivity index (χ0) is 24.8.